The van der Waals surface area contributed by atoms with E-state index in [1.807, 2.05) is 35.2 Å². The van der Waals surface area contributed by atoms with E-state index in [9.17, 15) is 4.79 Å². The molecule has 2 aromatic rings. The molecule has 1 atom stereocenters. The van der Waals surface area contributed by atoms with Crippen LogP contribution in [-0.2, 0) is 4.74 Å². The summed E-state index contributed by atoms with van der Waals surface area (Å²) in [6.07, 6.45) is 5.52. The molecule has 0 saturated carbocycles. The van der Waals surface area contributed by atoms with Crippen LogP contribution < -0.4 is 5.32 Å². The van der Waals surface area contributed by atoms with Crippen molar-refractivity contribution < 1.29 is 9.53 Å². The summed E-state index contributed by atoms with van der Waals surface area (Å²) in [5.74, 6) is 0.377. The van der Waals surface area contributed by atoms with E-state index in [1.54, 1.807) is 6.20 Å². The number of carbonyl (C=O) groups excluding carboxylic acids is 1. The lowest BCUT2D eigenvalue weighted by atomic mass is 9.87. The molecule has 2 aromatic heterocycles. The zero-order chi connectivity index (χ0) is 14.5. The number of thiophene rings is 1. The van der Waals surface area contributed by atoms with E-state index in [2.05, 4.69) is 10.3 Å². The van der Waals surface area contributed by atoms with Crippen molar-refractivity contribution in [2.75, 3.05) is 13.2 Å². The summed E-state index contributed by atoms with van der Waals surface area (Å²) in [6.45, 7) is 1.52. The third kappa shape index (κ3) is 3.49. The van der Waals surface area contributed by atoms with Gasteiger partial charge in [-0.05, 0) is 41.8 Å². The van der Waals surface area contributed by atoms with Crippen molar-refractivity contribution in [3.63, 3.8) is 0 Å². The first-order valence-corrected chi connectivity index (χ1v) is 8.09. The highest BCUT2D eigenvalue weighted by atomic mass is 32.1. The maximum Gasteiger partial charge on any atom is 0.252 e. The molecule has 1 fully saturated rings. The molecule has 110 valence electrons. The number of amides is 1. The minimum Gasteiger partial charge on any atom is -0.381 e. The smallest absolute Gasteiger partial charge is 0.252 e. The van der Waals surface area contributed by atoms with Crippen LogP contribution in [0, 0.1) is 5.92 Å². The maximum absolute atomic E-state index is 12.4. The lowest BCUT2D eigenvalue weighted by Gasteiger charge is -2.31. The van der Waals surface area contributed by atoms with Gasteiger partial charge in [0.05, 0.1) is 11.6 Å². The number of carbonyl (C=O) groups is 1. The molecule has 0 radical (unpaired) electrons. The fourth-order valence-corrected chi connectivity index (χ4v) is 3.34. The Hall–Kier alpha value is -1.72. The fourth-order valence-electron chi connectivity index (χ4n) is 2.70. The number of hydrogen-bond donors (Lipinski definition) is 1. The molecule has 1 N–H and O–H groups in total. The van der Waals surface area contributed by atoms with Gasteiger partial charge in [0.1, 0.15) is 0 Å². The molecule has 1 amide bonds. The normalized spacial score (nSPS) is 17.3. The number of nitrogens with zero attached hydrogens (tertiary/aromatic N) is 1. The first kappa shape index (κ1) is 14.2. The average Bonchev–Trinajstić information content (AvgIpc) is 3.09. The Balaban J connectivity index is 1.80. The number of rotatable bonds is 4. The summed E-state index contributed by atoms with van der Waals surface area (Å²) < 4.78 is 5.44. The van der Waals surface area contributed by atoms with Gasteiger partial charge in [-0.2, -0.15) is 11.3 Å². The summed E-state index contributed by atoms with van der Waals surface area (Å²) in [6, 6.07) is 5.79. The van der Waals surface area contributed by atoms with Crippen molar-refractivity contribution in [3.05, 3.63) is 52.5 Å². The van der Waals surface area contributed by atoms with Crippen LogP contribution in [0.15, 0.2) is 41.4 Å². The van der Waals surface area contributed by atoms with Gasteiger partial charge < -0.3 is 10.1 Å². The summed E-state index contributed by atoms with van der Waals surface area (Å²) in [7, 11) is 0. The second-order valence-electron chi connectivity index (χ2n) is 5.20. The summed E-state index contributed by atoms with van der Waals surface area (Å²) >= 11 is 1.53. The van der Waals surface area contributed by atoms with E-state index < -0.39 is 0 Å². The molecule has 5 heteroatoms. The number of pyridine rings is 1. The van der Waals surface area contributed by atoms with Crippen molar-refractivity contribution in [1.82, 2.24) is 10.3 Å². The van der Waals surface area contributed by atoms with Gasteiger partial charge in [0.15, 0.2) is 0 Å². The van der Waals surface area contributed by atoms with Crippen LogP contribution in [0.5, 0.6) is 0 Å². The molecule has 0 aliphatic carbocycles. The highest BCUT2D eigenvalue weighted by Crippen LogP contribution is 2.30. The standard InChI is InChI=1S/C16H18N2O2S/c19-16(14-5-9-21-11-14)18-15(12-3-7-20-8-4-12)13-2-1-6-17-10-13/h1-2,5-6,9-12,15H,3-4,7-8H2,(H,18,19). The van der Waals surface area contributed by atoms with Crippen molar-refractivity contribution in [1.29, 1.82) is 0 Å². The number of ether oxygens (including phenoxy) is 1. The van der Waals surface area contributed by atoms with Crippen molar-refractivity contribution >= 4 is 17.2 Å². The van der Waals surface area contributed by atoms with Crippen LogP contribution in [0.4, 0.5) is 0 Å². The third-order valence-corrected chi connectivity index (χ3v) is 4.53. The lowest BCUT2D eigenvalue weighted by Crippen LogP contribution is -2.36. The van der Waals surface area contributed by atoms with Crippen LogP contribution in [0.25, 0.3) is 0 Å². The molecular formula is C16H18N2O2S. The summed E-state index contributed by atoms with van der Waals surface area (Å²) in [5.41, 5.74) is 1.79. The van der Waals surface area contributed by atoms with E-state index in [4.69, 9.17) is 4.74 Å². The monoisotopic (exact) mass is 302 g/mol. The topological polar surface area (TPSA) is 51.2 Å². The Morgan fingerprint density at radius 2 is 2.24 bits per heavy atom. The minimum atomic E-state index is -0.0170. The van der Waals surface area contributed by atoms with Gasteiger partial charge >= 0.3 is 0 Å². The minimum absolute atomic E-state index is 0.00463. The molecular weight excluding hydrogens is 284 g/mol. The van der Waals surface area contributed by atoms with Crippen molar-refractivity contribution in [2.24, 2.45) is 5.92 Å². The van der Waals surface area contributed by atoms with Gasteiger partial charge in [-0.1, -0.05) is 6.07 Å². The molecule has 3 rings (SSSR count). The first-order chi connectivity index (χ1) is 10.3. The third-order valence-electron chi connectivity index (χ3n) is 3.85. The molecule has 0 bridgehead atoms. The lowest BCUT2D eigenvalue weighted by molar-refractivity contribution is 0.0513. The molecule has 1 aliphatic rings. The highest BCUT2D eigenvalue weighted by Gasteiger charge is 2.27. The zero-order valence-corrected chi connectivity index (χ0v) is 12.5. The maximum atomic E-state index is 12.4. The number of nitrogens with one attached hydrogen (secondary N) is 1. The average molecular weight is 302 g/mol. The quantitative estimate of drug-likeness (QED) is 0.944. The van der Waals surface area contributed by atoms with Gasteiger partial charge in [-0.15, -0.1) is 0 Å². The Kier molecular flexibility index (Phi) is 4.62. The van der Waals surface area contributed by atoms with Gasteiger partial charge in [-0.3, -0.25) is 9.78 Å². The zero-order valence-electron chi connectivity index (χ0n) is 11.7. The van der Waals surface area contributed by atoms with E-state index in [-0.39, 0.29) is 11.9 Å². The van der Waals surface area contributed by atoms with Crippen LogP contribution in [0.3, 0.4) is 0 Å². The van der Waals surface area contributed by atoms with Crippen molar-refractivity contribution in [3.8, 4) is 0 Å². The molecule has 1 saturated heterocycles. The van der Waals surface area contributed by atoms with Gasteiger partial charge in [0, 0.05) is 31.0 Å². The first-order valence-electron chi connectivity index (χ1n) is 7.15. The van der Waals surface area contributed by atoms with Gasteiger partial charge in [0.2, 0.25) is 0 Å². The molecule has 1 unspecified atom stereocenters. The Morgan fingerprint density at radius 3 is 2.90 bits per heavy atom. The van der Waals surface area contributed by atoms with Crippen LogP contribution in [0.1, 0.15) is 34.8 Å². The van der Waals surface area contributed by atoms with E-state index in [0.29, 0.717) is 5.92 Å². The van der Waals surface area contributed by atoms with Crippen LogP contribution in [-0.4, -0.2) is 24.1 Å². The van der Waals surface area contributed by atoms with E-state index in [1.165, 1.54) is 11.3 Å². The van der Waals surface area contributed by atoms with E-state index in [0.717, 1.165) is 37.2 Å². The molecule has 1 aliphatic heterocycles. The van der Waals surface area contributed by atoms with Crippen molar-refractivity contribution in [2.45, 2.75) is 18.9 Å². The molecule has 21 heavy (non-hydrogen) atoms. The largest absolute Gasteiger partial charge is 0.381 e. The Bertz CT molecular complexity index is 565. The predicted octanol–water partition coefficient (Wildman–Crippen LogP) is 3.04. The SMILES string of the molecule is O=C(NC(c1cccnc1)C1CCOCC1)c1ccsc1. The molecule has 0 spiro atoms. The van der Waals surface area contributed by atoms with Gasteiger partial charge in [-0.25, -0.2) is 0 Å². The predicted molar refractivity (Wildman–Crippen MR) is 82.3 cm³/mol. The Labute approximate surface area is 128 Å². The second-order valence-corrected chi connectivity index (χ2v) is 5.98. The fraction of sp³-hybridized carbons (Fsp3) is 0.375. The molecule has 3 heterocycles. The van der Waals surface area contributed by atoms with E-state index >= 15 is 0 Å². The second kappa shape index (κ2) is 6.83. The van der Waals surface area contributed by atoms with Crippen LogP contribution >= 0.6 is 11.3 Å². The van der Waals surface area contributed by atoms with Crippen LogP contribution in [0.2, 0.25) is 0 Å². The summed E-state index contributed by atoms with van der Waals surface area (Å²) in [4.78, 5) is 16.6. The molecule has 4 nitrogen and oxygen atoms in total. The highest BCUT2D eigenvalue weighted by molar-refractivity contribution is 7.08. The Morgan fingerprint density at radius 1 is 1.38 bits per heavy atom. The molecule has 0 aromatic carbocycles. The van der Waals surface area contributed by atoms with Gasteiger partial charge in [0.25, 0.3) is 5.91 Å². The summed E-state index contributed by atoms with van der Waals surface area (Å²) in [5, 5.41) is 6.97. The number of aromatic nitrogens is 1. The number of hydrogen-bond acceptors (Lipinski definition) is 4.